The molecule has 0 unspecified atom stereocenters. The van der Waals surface area contributed by atoms with Gasteiger partial charge in [0.15, 0.2) is 0 Å². The average Bonchev–Trinajstić information content (AvgIpc) is 1.97. The molecule has 0 radical (unpaired) electrons. The third-order valence-electron chi connectivity index (χ3n) is 0.852. The highest BCUT2D eigenvalue weighted by atomic mass is 16.5. The van der Waals surface area contributed by atoms with E-state index in [1.165, 1.54) is 12.2 Å². The Morgan fingerprint density at radius 1 is 1.64 bits per heavy atom. The maximum atomic E-state index is 10.7. The molecule has 0 saturated carbocycles. The molecule has 0 bridgehead atoms. The molecule has 3 nitrogen and oxygen atoms in total. The molecule has 0 spiro atoms. The van der Waals surface area contributed by atoms with Gasteiger partial charge in [-0.2, -0.15) is 0 Å². The van der Waals surface area contributed by atoms with Crippen molar-refractivity contribution in [2.45, 2.75) is 0 Å². The number of carbonyl (C=O) groups excluding carboxylic acids is 1. The largest absolute Gasteiger partial charge is 0.458 e. The third-order valence-corrected chi connectivity index (χ3v) is 0.852. The Morgan fingerprint density at radius 3 is 2.73 bits per heavy atom. The maximum Gasteiger partial charge on any atom is 0.332 e. The molecule has 0 rings (SSSR count). The van der Waals surface area contributed by atoms with E-state index in [1.807, 2.05) is 14.1 Å². The zero-order chi connectivity index (χ0) is 8.69. The van der Waals surface area contributed by atoms with Crippen LogP contribution in [-0.2, 0) is 9.53 Å². The van der Waals surface area contributed by atoms with Crippen LogP contribution in [0.15, 0.2) is 24.9 Å². The number of hydrogen-bond acceptors (Lipinski definition) is 3. The Labute approximate surface area is 66.9 Å². The second-order valence-corrected chi connectivity index (χ2v) is 2.20. The molecule has 0 atom stereocenters. The molecule has 0 amide bonds. The van der Waals surface area contributed by atoms with Gasteiger partial charge in [-0.15, -0.1) is 0 Å². The van der Waals surface area contributed by atoms with E-state index in [4.69, 9.17) is 0 Å². The zero-order valence-electron chi connectivity index (χ0n) is 6.91. The van der Waals surface area contributed by atoms with Crippen LogP contribution < -0.4 is 0 Å². The summed E-state index contributed by atoms with van der Waals surface area (Å²) >= 11 is 0. The molecule has 3 heteroatoms. The molecule has 11 heavy (non-hydrogen) atoms. The van der Waals surface area contributed by atoms with Crippen molar-refractivity contribution < 1.29 is 9.53 Å². The van der Waals surface area contributed by atoms with Gasteiger partial charge >= 0.3 is 5.97 Å². The molecule has 0 fully saturated rings. The van der Waals surface area contributed by atoms with Crippen LogP contribution in [-0.4, -0.2) is 31.6 Å². The van der Waals surface area contributed by atoms with E-state index in [-0.39, 0.29) is 12.6 Å². The first-order chi connectivity index (χ1) is 5.16. The molecule has 0 heterocycles. The minimum Gasteiger partial charge on any atom is -0.458 e. The molecule has 0 aliphatic carbocycles. The number of esters is 1. The van der Waals surface area contributed by atoms with Crippen LogP contribution in [0.25, 0.3) is 0 Å². The highest BCUT2D eigenvalue weighted by Gasteiger charge is 1.92. The summed E-state index contributed by atoms with van der Waals surface area (Å²) < 4.78 is 4.67. The van der Waals surface area contributed by atoms with Crippen molar-refractivity contribution in [3.05, 3.63) is 24.9 Å². The maximum absolute atomic E-state index is 10.7. The van der Waals surface area contributed by atoms with Crippen molar-refractivity contribution in [1.82, 2.24) is 4.90 Å². The molecule has 0 aromatic rings. The Balaban J connectivity index is 3.59. The van der Waals surface area contributed by atoms with E-state index in [2.05, 4.69) is 11.3 Å². The normalized spacial score (nSPS) is 9.64. The summed E-state index contributed by atoms with van der Waals surface area (Å²) in [4.78, 5) is 12.5. The highest BCUT2D eigenvalue weighted by molar-refractivity contribution is 5.81. The van der Waals surface area contributed by atoms with Gasteiger partial charge in [0.2, 0.25) is 0 Å². The van der Waals surface area contributed by atoms with Crippen LogP contribution in [0.4, 0.5) is 0 Å². The lowest BCUT2D eigenvalue weighted by molar-refractivity contribution is -0.136. The van der Waals surface area contributed by atoms with Crippen molar-refractivity contribution in [1.29, 1.82) is 0 Å². The van der Waals surface area contributed by atoms with Crippen molar-refractivity contribution in [2.75, 3.05) is 20.7 Å². The van der Waals surface area contributed by atoms with Crippen LogP contribution >= 0.6 is 0 Å². The monoisotopic (exact) mass is 155 g/mol. The Hall–Kier alpha value is -1.25. The van der Waals surface area contributed by atoms with E-state index in [0.29, 0.717) is 0 Å². The zero-order valence-corrected chi connectivity index (χ0v) is 6.91. The van der Waals surface area contributed by atoms with Gasteiger partial charge in [-0.3, -0.25) is 0 Å². The van der Waals surface area contributed by atoms with Gasteiger partial charge in [0.1, 0.15) is 6.61 Å². The fourth-order valence-electron chi connectivity index (χ4n) is 0.399. The van der Waals surface area contributed by atoms with E-state index in [9.17, 15) is 4.79 Å². The molecular formula is C8H13NO2. The Morgan fingerprint density at radius 2 is 2.27 bits per heavy atom. The fourth-order valence-corrected chi connectivity index (χ4v) is 0.399. The number of carbonyl (C=O) groups is 1. The summed E-state index contributed by atoms with van der Waals surface area (Å²) in [6.07, 6.45) is 4.52. The number of ether oxygens (including phenoxy) is 1. The first kappa shape index (κ1) is 9.75. The summed E-state index contributed by atoms with van der Waals surface area (Å²) in [5.41, 5.74) is 0. The summed E-state index contributed by atoms with van der Waals surface area (Å²) in [5, 5.41) is 0. The SMILES string of the molecule is C=CCOC(=O)C=CN(C)C. The van der Waals surface area contributed by atoms with Crippen LogP contribution in [0.3, 0.4) is 0 Å². The number of hydrogen-bond donors (Lipinski definition) is 0. The van der Waals surface area contributed by atoms with Gasteiger partial charge in [0, 0.05) is 26.4 Å². The first-order valence-electron chi connectivity index (χ1n) is 3.29. The van der Waals surface area contributed by atoms with Crippen molar-refractivity contribution in [3.8, 4) is 0 Å². The van der Waals surface area contributed by atoms with E-state index in [0.717, 1.165) is 0 Å². The summed E-state index contributed by atoms with van der Waals surface area (Å²) in [7, 11) is 3.66. The second-order valence-electron chi connectivity index (χ2n) is 2.20. The van der Waals surface area contributed by atoms with Crippen LogP contribution in [0.5, 0.6) is 0 Å². The summed E-state index contributed by atoms with van der Waals surface area (Å²) in [6, 6.07) is 0. The number of nitrogens with zero attached hydrogens (tertiary/aromatic N) is 1. The molecule has 0 aliphatic heterocycles. The molecule has 0 N–H and O–H groups in total. The van der Waals surface area contributed by atoms with E-state index in [1.54, 1.807) is 11.1 Å². The predicted octanol–water partition coefficient (Wildman–Crippen LogP) is 0.791. The minimum absolute atomic E-state index is 0.261. The van der Waals surface area contributed by atoms with Gasteiger partial charge in [0.25, 0.3) is 0 Å². The standard InChI is InChI=1S/C8H13NO2/c1-4-7-11-8(10)5-6-9(2)3/h4-6H,1,7H2,2-3H3. The lowest BCUT2D eigenvalue weighted by Crippen LogP contribution is -2.05. The van der Waals surface area contributed by atoms with E-state index < -0.39 is 0 Å². The predicted molar refractivity (Wildman–Crippen MR) is 44.0 cm³/mol. The third kappa shape index (κ3) is 6.64. The second kappa shape index (κ2) is 5.53. The van der Waals surface area contributed by atoms with Gasteiger partial charge in [0.05, 0.1) is 0 Å². The van der Waals surface area contributed by atoms with Crippen LogP contribution in [0.1, 0.15) is 0 Å². The number of rotatable bonds is 4. The highest BCUT2D eigenvalue weighted by Crippen LogP contribution is 1.83. The van der Waals surface area contributed by atoms with Crippen molar-refractivity contribution in [3.63, 3.8) is 0 Å². The van der Waals surface area contributed by atoms with Gasteiger partial charge < -0.3 is 9.64 Å². The lowest BCUT2D eigenvalue weighted by Gasteiger charge is -2.02. The smallest absolute Gasteiger partial charge is 0.332 e. The van der Waals surface area contributed by atoms with Crippen LogP contribution in [0, 0.1) is 0 Å². The molecule has 0 saturated heterocycles. The first-order valence-corrected chi connectivity index (χ1v) is 3.29. The summed E-state index contributed by atoms with van der Waals surface area (Å²) in [5.74, 6) is -0.349. The molecular weight excluding hydrogens is 142 g/mol. The van der Waals surface area contributed by atoms with Crippen LogP contribution in [0.2, 0.25) is 0 Å². The molecule has 0 aromatic carbocycles. The average molecular weight is 155 g/mol. The Bertz CT molecular complexity index is 161. The van der Waals surface area contributed by atoms with Crippen molar-refractivity contribution >= 4 is 5.97 Å². The lowest BCUT2D eigenvalue weighted by atomic mass is 10.6. The van der Waals surface area contributed by atoms with E-state index >= 15 is 0 Å². The summed E-state index contributed by atoms with van der Waals surface area (Å²) in [6.45, 7) is 3.68. The minimum atomic E-state index is -0.349. The molecule has 0 aromatic heterocycles. The topological polar surface area (TPSA) is 29.5 Å². The molecule has 62 valence electrons. The van der Waals surface area contributed by atoms with Gasteiger partial charge in [-0.1, -0.05) is 12.7 Å². The van der Waals surface area contributed by atoms with Crippen molar-refractivity contribution in [2.24, 2.45) is 0 Å². The fraction of sp³-hybridized carbons (Fsp3) is 0.375. The molecule has 0 aliphatic rings. The Kier molecular flexibility index (Phi) is 4.90. The van der Waals surface area contributed by atoms with Gasteiger partial charge in [-0.25, -0.2) is 4.79 Å². The van der Waals surface area contributed by atoms with Gasteiger partial charge in [-0.05, 0) is 0 Å². The quantitative estimate of drug-likeness (QED) is 0.341.